The number of nitrogens with zero attached hydrogens (tertiary/aromatic N) is 3. The van der Waals surface area contributed by atoms with Gasteiger partial charge in [0.2, 0.25) is 5.66 Å². The van der Waals surface area contributed by atoms with Gasteiger partial charge in [0, 0.05) is 5.56 Å². The molecule has 1 aliphatic rings. The normalized spacial score (nSPS) is 25.3. The molecule has 2 N–H and O–H groups in total. The van der Waals surface area contributed by atoms with Crippen molar-refractivity contribution in [2.75, 3.05) is 0 Å². The predicted octanol–water partition coefficient (Wildman–Crippen LogP) is 1.27. The number of hydrogen-bond acceptors (Lipinski definition) is 5. The van der Waals surface area contributed by atoms with Crippen LogP contribution in [0.3, 0.4) is 0 Å². The van der Waals surface area contributed by atoms with Gasteiger partial charge in [-0.15, -0.1) is 10.2 Å². The largest absolute Gasteiger partial charge is 0.314 e. The molecular formula is C8H8N4O. The molecule has 0 amide bonds. The van der Waals surface area contributed by atoms with Crippen LogP contribution in [0, 0.1) is 0 Å². The molecule has 5 heteroatoms. The van der Waals surface area contributed by atoms with Gasteiger partial charge in [0.05, 0.1) is 6.21 Å². The van der Waals surface area contributed by atoms with E-state index in [-0.39, 0.29) is 0 Å². The van der Waals surface area contributed by atoms with Gasteiger partial charge in [-0.2, -0.15) is 5.48 Å². The van der Waals surface area contributed by atoms with Crippen LogP contribution in [0.4, 0.5) is 0 Å². The predicted molar refractivity (Wildman–Crippen MR) is 46.4 cm³/mol. The summed E-state index contributed by atoms with van der Waals surface area (Å²) in [4.78, 5) is 0. The monoisotopic (exact) mass is 176 g/mol. The van der Waals surface area contributed by atoms with Crippen molar-refractivity contribution < 1.29 is 5.21 Å². The first-order valence-corrected chi connectivity index (χ1v) is 3.80. The van der Waals surface area contributed by atoms with Crippen LogP contribution in [0.5, 0.6) is 0 Å². The molecule has 0 spiro atoms. The average molecular weight is 176 g/mol. The smallest absolute Gasteiger partial charge is 0.218 e. The zero-order valence-corrected chi connectivity index (χ0v) is 6.75. The van der Waals surface area contributed by atoms with E-state index >= 15 is 0 Å². The highest BCUT2D eigenvalue weighted by Gasteiger charge is 2.32. The van der Waals surface area contributed by atoms with E-state index in [4.69, 9.17) is 5.21 Å². The van der Waals surface area contributed by atoms with Gasteiger partial charge >= 0.3 is 0 Å². The Bertz CT molecular complexity index is 334. The Balaban J connectivity index is 2.44. The fourth-order valence-electron chi connectivity index (χ4n) is 1.17. The average Bonchev–Trinajstić information content (AvgIpc) is 2.69. The van der Waals surface area contributed by atoms with E-state index in [1.54, 1.807) is 0 Å². The highest BCUT2D eigenvalue weighted by molar-refractivity contribution is 5.73. The lowest BCUT2D eigenvalue weighted by Gasteiger charge is -2.18. The molecule has 13 heavy (non-hydrogen) atoms. The van der Waals surface area contributed by atoms with Crippen LogP contribution in [0.2, 0.25) is 0 Å². The van der Waals surface area contributed by atoms with E-state index in [2.05, 4.69) is 20.9 Å². The van der Waals surface area contributed by atoms with Crippen molar-refractivity contribution in [3.05, 3.63) is 35.9 Å². The first-order chi connectivity index (χ1) is 6.37. The van der Waals surface area contributed by atoms with Crippen LogP contribution in [-0.4, -0.2) is 11.4 Å². The van der Waals surface area contributed by atoms with E-state index in [1.165, 1.54) is 6.21 Å². The molecule has 0 saturated carbocycles. The van der Waals surface area contributed by atoms with Gasteiger partial charge in [-0.3, -0.25) is 0 Å². The summed E-state index contributed by atoms with van der Waals surface area (Å²) >= 11 is 0. The van der Waals surface area contributed by atoms with E-state index < -0.39 is 5.66 Å². The number of hydroxylamine groups is 1. The Hall–Kier alpha value is -1.59. The Kier molecular flexibility index (Phi) is 1.88. The molecule has 1 aliphatic heterocycles. The second-order valence-electron chi connectivity index (χ2n) is 2.68. The standard InChI is InChI=1S/C8H8N4O/c13-11-8(6-9-12-10-8)7-4-2-1-3-5-7/h1-6,11,13H. The summed E-state index contributed by atoms with van der Waals surface area (Å²) < 4.78 is 0. The molecule has 1 unspecified atom stereocenters. The fourth-order valence-corrected chi connectivity index (χ4v) is 1.17. The van der Waals surface area contributed by atoms with Crippen LogP contribution < -0.4 is 5.48 Å². The third-order valence-corrected chi connectivity index (χ3v) is 1.88. The van der Waals surface area contributed by atoms with E-state index in [0.29, 0.717) is 0 Å². The fraction of sp³-hybridized carbons (Fsp3) is 0.125. The summed E-state index contributed by atoms with van der Waals surface area (Å²) in [7, 11) is 0. The van der Waals surface area contributed by atoms with Crippen molar-refractivity contribution in [3.8, 4) is 0 Å². The molecule has 0 aliphatic carbocycles. The van der Waals surface area contributed by atoms with E-state index in [1.807, 2.05) is 30.3 Å². The molecule has 66 valence electrons. The first-order valence-electron chi connectivity index (χ1n) is 3.80. The molecule has 1 atom stereocenters. The molecule has 1 aromatic carbocycles. The molecule has 5 nitrogen and oxygen atoms in total. The van der Waals surface area contributed by atoms with Gasteiger partial charge in [-0.25, -0.2) is 0 Å². The number of nitrogens with one attached hydrogen (secondary N) is 1. The highest BCUT2D eigenvalue weighted by atomic mass is 16.5. The quantitative estimate of drug-likeness (QED) is 0.666. The van der Waals surface area contributed by atoms with Crippen LogP contribution in [-0.2, 0) is 5.66 Å². The summed E-state index contributed by atoms with van der Waals surface area (Å²) in [5.41, 5.74) is 1.88. The summed E-state index contributed by atoms with van der Waals surface area (Å²) in [5.74, 6) is 0. The SMILES string of the molecule is ONC1(c2ccccc2)C=NN=N1. The highest BCUT2D eigenvalue weighted by Crippen LogP contribution is 2.23. The molecule has 1 heterocycles. The van der Waals surface area contributed by atoms with Crippen molar-refractivity contribution in [1.29, 1.82) is 0 Å². The van der Waals surface area contributed by atoms with E-state index in [9.17, 15) is 0 Å². The maximum absolute atomic E-state index is 8.97. The molecule has 0 fully saturated rings. The zero-order valence-electron chi connectivity index (χ0n) is 6.75. The Morgan fingerprint density at radius 1 is 1.23 bits per heavy atom. The van der Waals surface area contributed by atoms with Crippen molar-refractivity contribution in [2.24, 2.45) is 15.4 Å². The minimum Gasteiger partial charge on any atom is -0.314 e. The molecule has 1 aromatic rings. The molecular weight excluding hydrogens is 168 g/mol. The van der Waals surface area contributed by atoms with Gasteiger partial charge < -0.3 is 5.21 Å². The minimum atomic E-state index is -0.999. The topological polar surface area (TPSA) is 69.3 Å². The van der Waals surface area contributed by atoms with Gasteiger partial charge in [-0.05, 0) is 5.22 Å². The number of benzene rings is 1. The Morgan fingerprint density at radius 3 is 2.54 bits per heavy atom. The Labute approximate surface area is 74.8 Å². The molecule has 0 aromatic heterocycles. The van der Waals surface area contributed by atoms with E-state index in [0.717, 1.165) is 5.56 Å². The maximum Gasteiger partial charge on any atom is 0.218 e. The van der Waals surface area contributed by atoms with Gasteiger partial charge in [0.1, 0.15) is 0 Å². The second-order valence-corrected chi connectivity index (χ2v) is 2.68. The Morgan fingerprint density at radius 2 is 2.00 bits per heavy atom. The first kappa shape index (κ1) is 8.03. The molecule has 2 rings (SSSR count). The summed E-state index contributed by atoms with van der Waals surface area (Å²) in [6.07, 6.45) is 1.45. The summed E-state index contributed by atoms with van der Waals surface area (Å²) in [6, 6.07) is 9.27. The van der Waals surface area contributed by atoms with Crippen LogP contribution in [0.15, 0.2) is 45.8 Å². The third-order valence-electron chi connectivity index (χ3n) is 1.88. The molecule has 0 radical (unpaired) electrons. The van der Waals surface area contributed by atoms with Gasteiger partial charge in [0.15, 0.2) is 0 Å². The van der Waals surface area contributed by atoms with Crippen molar-refractivity contribution in [2.45, 2.75) is 5.66 Å². The second kappa shape index (κ2) is 3.04. The summed E-state index contributed by atoms with van der Waals surface area (Å²) in [6.45, 7) is 0. The minimum absolute atomic E-state index is 0.794. The maximum atomic E-state index is 8.97. The van der Waals surface area contributed by atoms with Crippen LogP contribution >= 0.6 is 0 Å². The van der Waals surface area contributed by atoms with Crippen molar-refractivity contribution >= 4 is 6.21 Å². The van der Waals surface area contributed by atoms with Crippen LogP contribution in [0.1, 0.15) is 5.56 Å². The zero-order chi connectivity index (χ0) is 9.15. The lowest BCUT2D eigenvalue weighted by molar-refractivity contribution is 0.103. The van der Waals surface area contributed by atoms with Gasteiger partial charge in [0.25, 0.3) is 0 Å². The number of hydrogen-bond donors (Lipinski definition) is 2. The lowest BCUT2D eigenvalue weighted by atomic mass is 10.0. The van der Waals surface area contributed by atoms with Crippen LogP contribution in [0.25, 0.3) is 0 Å². The van der Waals surface area contributed by atoms with Crippen molar-refractivity contribution in [1.82, 2.24) is 5.48 Å². The number of rotatable bonds is 2. The molecule has 0 bridgehead atoms. The van der Waals surface area contributed by atoms with Crippen molar-refractivity contribution in [3.63, 3.8) is 0 Å². The summed E-state index contributed by atoms with van der Waals surface area (Å²) in [5, 5.41) is 19.8. The van der Waals surface area contributed by atoms with Gasteiger partial charge in [-0.1, -0.05) is 30.3 Å². The lowest BCUT2D eigenvalue weighted by Crippen LogP contribution is -2.38. The molecule has 0 saturated heterocycles. The third kappa shape index (κ3) is 1.24.